The van der Waals surface area contributed by atoms with Crippen LogP contribution in [0.1, 0.15) is 293 Å². The Morgan fingerprint density at radius 2 is 0.564 bits per heavy atom. The molecule has 0 fully saturated rings. The third-order valence-corrected chi connectivity index (χ3v) is 17.1. The van der Waals surface area contributed by atoms with Crippen molar-refractivity contribution in [2.24, 2.45) is 0 Å². The number of carboxylic acids is 1. The molecule has 0 aliphatic heterocycles. The van der Waals surface area contributed by atoms with Crippen LogP contribution in [0.2, 0.25) is 0 Å². The molecule has 10 nitrogen and oxygen atoms in total. The summed E-state index contributed by atoms with van der Waals surface area (Å²) in [6.07, 6.45) is 51.4. The first-order valence-electron chi connectivity index (χ1n) is 36.1. The topological polar surface area (TPSA) is 141 Å². The van der Waals surface area contributed by atoms with Gasteiger partial charge in [0.25, 0.3) is 0 Å². The number of aryl methyl sites for hydroxylation is 5. The van der Waals surface area contributed by atoms with Gasteiger partial charge in [0.1, 0.15) is 23.1 Å². The first kappa shape index (κ1) is 77.2. The molecule has 0 radical (unpaired) electrons. The van der Waals surface area contributed by atoms with E-state index in [-0.39, 0.29) is 22.6 Å². The van der Waals surface area contributed by atoms with E-state index >= 15 is 0 Å². The van der Waals surface area contributed by atoms with Gasteiger partial charge in [0.05, 0.1) is 27.8 Å². The summed E-state index contributed by atoms with van der Waals surface area (Å²) >= 11 is 0. The minimum absolute atomic E-state index is 0.158. The van der Waals surface area contributed by atoms with Crippen LogP contribution < -0.4 is 9.47 Å². The second-order valence-electron chi connectivity index (χ2n) is 25.2. The fourth-order valence-corrected chi connectivity index (χ4v) is 11.2. The number of halogens is 2. The van der Waals surface area contributed by atoms with Crippen molar-refractivity contribution >= 4 is 17.9 Å². The predicted octanol–water partition coefficient (Wildman–Crippen LogP) is 23.3. The van der Waals surface area contributed by atoms with Crippen molar-refractivity contribution in [3.63, 3.8) is 0 Å². The lowest BCUT2D eigenvalue weighted by molar-refractivity contribution is 0.0692. The second-order valence-corrected chi connectivity index (χ2v) is 25.2. The molecule has 94 heavy (non-hydrogen) atoms. The number of esters is 2. The van der Waals surface area contributed by atoms with E-state index in [1.54, 1.807) is 85.5 Å². The van der Waals surface area contributed by atoms with Crippen molar-refractivity contribution in [2.45, 2.75) is 266 Å². The van der Waals surface area contributed by atoms with E-state index in [2.05, 4.69) is 54.6 Å². The number of carbonyl (C=O) groups is 3. The zero-order chi connectivity index (χ0) is 67.2. The number of hydrogen-bond donors (Lipinski definition) is 1. The third kappa shape index (κ3) is 31.2. The van der Waals surface area contributed by atoms with Crippen molar-refractivity contribution in [2.75, 3.05) is 0 Å². The van der Waals surface area contributed by atoms with Crippen molar-refractivity contribution in [1.29, 1.82) is 0 Å². The summed E-state index contributed by atoms with van der Waals surface area (Å²) in [5.41, 5.74) is 7.63. The normalized spacial score (nSPS) is 10.9. The number of rotatable bonds is 43. The Kier molecular flexibility index (Phi) is 39.0. The summed E-state index contributed by atoms with van der Waals surface area (Å²) in [4.78, 5) is 53.2. The van der Waals surface area contributed by atoms with Gasteiger partial charge in [-0.2, -0.15) is 0 Å². The van der Waals surface area contributed by atoms with Crippen molar-refractivity contribution in [1.82, 2.24) is 19.9 Å². The Labute approximate surface area is 563 Å². The van der Waals surface area contributed by atoms with Gasteiger partial charge in [-0.3, -0.25) is 0 Å². The van der Waals surface area contributed by atoms with Crippen LogP contribution in [0.15, 0.2) is 134 Å². The maximum Gasteiger partial charge on any atom is 0.343 e. The highest BCUT2D eigenvalue weighted by Crippen LogP contribution is 2.27. The Balaban J connectivity index is 0.000000270. The number of carbonyl (C=O) groups excluding carboxylic acids is 2. The number of aromatic nitrogens is 4. The maximum absolute atomic E-state index is 14.8. The van der Waals surface area contributed by atoms with E-state index < -0.39 is 29.5 Å². The number of carboxylic acid groups (broad SMARTS) is 1. The SMILES string of the molecule is CCCCCCCCCCc1ccc(C(=O)O)cc1.CCCCCCCCCCc1ccc(C(=O)Oc2ccc(-c3ncc(CCCCC)cn3)c(F)c2)cc1.CCCCCCCCCCc1ccc(C(=O)Oc2ccc(-c3ncc(CCCCCC)cn3)c(F)c2)cc1. The molecule has 2 aromatic heterocycles. The average Bonchev–Trinajstić information content (AvgIpc) is 0.935. The Morgan fingerprint density at radius 1 is 0.319 bits per heavy atom. The van der Waals surface area contributed by atoms with Gasteiger partial charge in [-0.15, -0.1) is 0 Å². The van der Waals surface area contributed by atoms with E-state index in [1.165, 1.54) is 196 Å². The number of benzene rings is 5. The summed E-state index contributed by atoms with van der Waals surface area (Å²) in [7, 11) is 0. The summed E-state index contributed by atoms with van der Waals surface area (Å²) in [6.45, 7) is 11.1. The zero-order valence-electron chi connectivity index (χ0n) is 57.7. The van der Waals surface area contributed by atoms with Crippen LogP contribution in [0.3, 0.4) is 0 Å². The molecule has 0 saturated carbocycles. The van der Waals surface area contributed by atoms with Gasteiger partial charge in [-0.05, 0) is 153 Å². The molecule has 12 heteroatoms. The van der Waals surface area contributed by atoms with E-state index in [9.17, 15) is 23.2 Å². The largest absolute Gasteiger partial charge is 0.478 e. The summed E-state index contributed by atoms with van der Waals surface area (Å²) in [5.74, 6) is -1.93. The highest BCUT2D eigenvalue weighted by Gasteiger charge is 2.16. The van der Waals surface area contributed by atoms with Crippen molar-refractivity contribution in [3.05, 3.63) is 190 Å². The molecule has 7 rings (SSSR count). The van der Waals surface area contributed by atoms with Gasteiger partial charge in [-0.1, -0.05) is 238 Å². The van der Waals surface area contributed by atoms with Crippen LogP contribution in [0.4, 0.5) is 8.78 Å². The van der Waals surface area contributed by atoms with Gasteiger partial charge in [0.2, 0.25) is 0 Å². The fraction of sp³-hybridized carbons (Fsp3) is 0.500. The minimum atomic E-state index is -0.848. The number of aromatic carboxylic acids is 1. The molecule has 7 aromatic rings. The molecule has 1 N–H and O–H groups in total. The maximum atomic E-state index is 14.8. The molecule has 2 heterocycles. The monoisotopic (exact) mass is 1280 g/mol. The fourth-order valence-electron chi connectivity index (χ4n) is 11.2. The van der Waals surface area contributed by atoms with Crippen LogP contribution >= 0.6 is 0 Å². The van der Waals surface area contributed by atoms with Gasteiger partial charge in [0, 0.05) is 36.9 Å². The van der Waals surface area contributed by atoms with Crippen LogP contribution in [-0.4, -0.2) is 43.0 Å². The number of ether oxygens (including phenoxy) is 2. The number of unbranched alkanes of at least 4 members (excludes halogenated alkanes) is 26. The van der Waals surface area contributed by atoms with Crippen molar-refractivity contribution in [3.8, 4) is 34.3 Å². The first-order chi connectivity index (χ1) is 45.9. The van der Waals surface area contributed by atoms with E-state index in [0.29, 0.717) is 28.3 Å². The lowest BCUT2D eigenvalue weighted by Gasteiger charge is -2.08. The first-order valence-corrected chi connectivity index (χ1v) is 36.1. The molecule has 0 aliphatic rings. The molecular formula is C82H110F2N4O6. The second kappa shape index (κ2) is 47.4. The lowest BCUT2D eigenvalue weighted by atomic mass is 10.0. The Bertz CT molecular complexity index is 3170. The minimum Gasteiger partial charge on any atom is -0.478 e. The molecule has 5 aromatic carbocycles. The van der Waals surface area contributed by atoms with Gasteiger partial charge < -0.3 is 14.6 Å². The summed E-state index contributed by atoms with van der Waals surface area (Å²) in [5, 5.41) is 8.81. The van der Waals surface area contributed by atoms with Crippen LogP contribution in [0.5, 0.6) is 11.5 Å². The van der Waals surface area contributed by atoms with Gasteiger partial charge in [0.15, 0.2) is 11.6 Å². The molecule has 0 saturated heterocycles. The number of hydrogen-bond acceptors (Lipinski definition) is 9. The predicted molar refractivity (Wildman–Crippen MR) is 381 cm³/mol. The van der Waals surface area contributed by atoms with E-state index in [0.717, 1.165) is 75.3 Å². The smallest absolute Gasteiger partial charge is 0.343 e. The highest BCUT2D eigenvalue weighted by molar-refractivity contribution is 5.92. The van der Waals surface area contributed by atoms with Crippen LogP contribution in [-0.2, 0) is 32.1 Å². The quantitative estimate of drug-likeness (QED) is 0.0223. The molecule has 508 valence electrons. The average molecular weight is 1290 g/mol. The van der Waals surface area contributed by atoms with Crippen LogP contribution in [0.25, 0.3) is 22.8 Å². The zero-order valence-corrected chi connectivity index (χ0v) is 57.7. The Morgan fingerprint density at radius 3 is 0.851 bits per heavy atom. The van der Waals surface area contributed by atoms with E-state index in [4.69, 9.17) is 14.6 Å². The van der Waals surface area contributed by atoms with Gasteiger partial charge >= 0.3 is 17.9 Å². The molecule has 0 spiro atoms. The van der Waals surface area contributed by atoms with Crippen molar-refractivity contribution < 1.29 is 37.7 Å². The third-order valence-electron chi connectivity index (χ3n) is 17.1. The van der Waals surface area contributed by atoms with E-state index in [1.807, 2.05) is 36.4 Å². The Hall–Kier alpha value is -7.47. The highest BCUT2D eigenvalue weighted by atomic mass is 19.1. The molecule has 0 bridgehead atoms. The number of nitrogens with zero attached hydrogens (tertiary/aromatic N) is 4. The lowest BCUT2D eigenvalue weighted by Crippen LogP contribution is -2.09. The molecule has 0 aliphatic carbocycles. The van der Waals surface area contributed by atoms with Gasteiger partial charge in [-0.25, -0.2) is 43.1 Å². The summed E-state index contributed by atoms with van der Waals surface area (Å²) in [6, 6.07) is 31.0. The molecule has 0 amide bonds. The summed E-state index contributed by atoms with van der Waals surface area (Å²) < 4.78 is 40.4. The molecule has 0 atom stereocenters. The van der Waals surface area contributed by atoms with Crippen LogP contribution in [0, 0.1) is 11.6 Å². The molecule has 0 unspecified atom stereocenters. The standard InChI is InChI=1S/C33H43FN2O2.C32H41FN2O2.C17H26O2/c1-3-5-7-9-10-11-12-14-15-26-17-19-28(20-18-26)33(37)38-29-21-22-30(31(34)23-29)32-35-24-27(25-36-32)16-13-8-6-4-2;1-3-5-7-8-9-10-11-13-14-25-16-18-27(19-17-25)32(36)37-28-20-21-29(30(33)22-28)31-34-23-26(24-35-31)15-12-6-4-2;1-2-3-4-5-6-7-8-9-10-15-11-13-16(14-12-15)17(18)19/h17-25H,3-16H2,1-2H3;16-24H,3-15H2,1-2H3;11-14H,2-10H2,1H3,(H,18,19). The molecular weight excluding hydrogens is 1170 g/mol.